The van der Waals surface area contributed by atoms with Crippen molar-refractivity contribution in [3.63, 3.8) is 0 Å². The fraction of sp³-hybridized carbons (Fsp3) is 0.0968. The number of hydrogen-bond acceptors (Lipinski definition) is 2. The minimum atomic E-state index is -6.68. The van der Waals surface area contributed by atoms with Gasteiger partial charge < -0.3 is 4.74 Å². The zero-order valence-corrected chi connectivity index (χ0v) is 54.8. The van der Waals surface area contributed by atoms with Crippen molar-refractivity contribution in [2.75, 3.05) is 0 Å². The molecule has 5 nitrogen and oxygen atoms in total. The van der Waals surface area contributed by atoms with Crippen LogP contribution in [-0.2, 0) is 10.8 Å². The number of para-hydroxylation sites is 1. The van der Waals surface area contributed by atoms with E-state index in [0.29, 0.717) is 32.9 Å². The first-order valence-corrected chi connectivity index (χ1v) is 33.3. The number of ether oxygens (including phenoxy) is 1. The van der Waals surface area contributed by atoms with E-state index in [1.165, 1.54) is 45.5 Å². The van der Waals surface area contributed by atoms with Crippen LogP contribution < -0.4 is 30.1 Å². The molecule has 0 aliphatic heterocycles. The first-order valence-electron chi connectivity index (χ1n) is 49.8. The Morgan fingerprint density at radius 2 is 0.970 bits per heavy atom. The number of aromatic nitrogens is 4. The lowest BCUT2D eigenvalue weighted by Crippen LogP contribution is -2.74. The molecule has 0 amide bonds. The van der Waals surface area contributed by atoms with E-state index in [9.17, 15) is 30.2 Å². The Balaban J connectivity index is 1.07. The maximum atomic E-state index is 11.4. The normalized spacial score (nSPS) is 17.4. The van der Waals surface area contributed by atoms with Crippen LogP contribution >= 0.6 is 0 Å². The highest BCUT2D eigenvalue weighted by molar-refractivity contribution is 7.20. The van der Waals surface area contributed by atoms with Gasteiger partial charge in [-0.2, -0.15) is 0 Å². The van der Waals surface area contributed by atoms with E-state index >= 15 is 0 Å². The Morgan fingerprint density at radius 3 is 1.59 bits per heavy atom. The lowest BCUT2D eigenvalue weighted by molar-refractivity contribution is -0.571. The van der Waals surface area contributed by atoms with Crippen LogP contribution in [0, 0.1) is 13.2 Å². The number of benzene rings is 13. The monoisotopic (exact) mass is 1330 g/mol. The maximum absolute atomic E-state index is 11.4. The third-order valence-corrected chi connectivity index (χ3v) is 21.3. The number of pyridine rings is 1. The van der Waals surface area contributed by atoms with Crippen molar-refractivity contribution in [3.05, 3.63) is 356 Å². The topological polar surface area (TPSA) is 35.9 Å². The summed E-state index contributed by atoms with van der Waals surface area (Å²) in [4.78, 5) is 4.73. The van der Waals surface area contributed by atoms with Crippen LogP contribution in [0.5, 0.6) is 11.5 Å². The molecular weight excluding hydrogens is 1220 g/mol. The van der Waals surface area contributed by atoms with Crippen molar-refractivity contribution in [1.82, 2.24) is 14.1 Å². The average Bonchev–Trinajstić information content (AvgIpc) is 0.804. The second-order valence-electron chi connectivity index (χ2n) is 25.4. The Labute approximate surface area is 633 Å². The molecular formula is C93H76N4OSi. The zero-order chi connectivity index (χ0) is 99.5. The molecule has 0 fully saturated rings. The fourth-order valence-corrected chi connectivity index (χ4v) is 16.0. The maximum Gasteiger partial charge on any atom is 0.269 e. The van der Waals surface area contributed by atoms with Gasteiger partial charge in [0.15, 0.2) is 8.07 Å². The molecule has 0 radical (unpaired) electrons. The summed E-state index contributed by atoms with van der Waals surface area (Å²) in [5.41, 5.74) is -2.96. The summed E-state index contributed by atoms with van der Waals surface area (Å²) in [5.74, 6) is 0.241. The molecule has 16 rings (SSSR count). The van der Waals surface area contributed by atoms with E-state index in [0.717, 1.165) is 6.20 Å². The SMILES string of the molecule is [2H]c1c([2H])c([2H])c(-c2cc(-c3cc(C(C)(C)C)cc(C(C)(C)C)c3)c(-[n+]3[c-]n(-c4cccc(Oc5ccc6c7ccccc7n(-c7cc(C([2H])([2H])[2H])c(-c8c([2H])c([2H])c([2H])c([2H])c8[2H])cn7)c6c5)c4)c4cc(-c5c([2H])c([2H])c([2H])c([2H])c5[2H])ccc43)c(-c3c([2H])c([2H])c([2H])c([Si](c4c([2H])c([2H])c([2H])c([2H])c4[2H])(c4c([2H])c([2H])c([2H])c([2H])c4[2H])c4c([2H])c([2H])c([2H])c([2H])c4[2H])c3[2H])c2)c([2H])c1[2H]. The van der Waals surface area contributed by atoms with E-state index in [1.54, 1.807) is 77.4 Å². The average molecular weight is 1330 g/mol. The summed E-state index contributed by atoms with van der Waals surface area (Å²) >= 11 is 0. The second-order valence-corrected chi connectivity index (χ2v) is 28.9. The van der Waals surface area contributed by atoms with Gasteiger partial charge in [-0.1, -0.05) is 302 Å². The highest BCUT2D eigenvalue weighted by Crippen LogP contribution is 2.43. The van der Waals surface area contributed by atoms with Crippen molar-refractivity contribution < 1.29 is 60.0 Å². The zero-order valence-electron chi connectivity index (χ0n) is 90.8. The van der Waals surface area contributed by atoms with Gasteiger partial charge >= 0.3 is 0 Å². The molecule has 0 bridgehead atoms. The minimum absolute atomic E-state index is 0.000932. The molecule has 0 spiro atoms. The fourth-order valence-electron chi connectivity index (χ4n) is 12.5. The minimum Gasteiger partial charge on any atom is -0.458 e. The van der Waals surface area contributed by atoms with E-state index in [4.69, 9.17) is 30.3 Å². The molecule has 0 saturated carbocycles. The quantitative estimate of drug-likeness (QED) is 0.0471. The van der Waals surface area contributed by atoms with Crippen LogP contribution in [0.3, 0.4) is 0 Å². The van der Waals surface area contributed by atoms with E-state index in [1.807, 2.05) is 53.7 Å². The highest BCUT2D eigenvalue weighted by Gasteiger charge is 2.42. The Kier molecular flexibility index (Phi) is 8.59. The van der Waals surface area contributed by atoms with Crippen LogP contribution in [-0.4, -0.2) is 22.2 Å². The molecule has 3 aromatic heterocycles. The van der Waals surface area contributed by atoms with Gasteiger partial charge in [0.25, 0.3) is 6.33 Å². The molecule has 0 N–H and O–H groups in total. The molecule has 13 aromatic carbocycles. The predicted molar refractivity (Wildman–Crippen MR) is 415 cm³/mol. The van der Waals surface area contributed by atoms with Crippen LogP contribution in [0.25, 0.3) is 106 Å². The third kappa shape index (κ3) is 11.6. The Morgan fingerprint density at radius 1 is 0.424 bits per heavy atom. The van der Waals surface area contributed by atoms with Gasteiger partial charge in [0.05, 0.1) is 80.0 Å². The summed E-state index contributed by atoms with van der Waals surface area (Å²) in [6.07, 6.45) is 4.60. The van der Waals surface area contributed by atoms with Crippen molar-refractivity contribution in [1.29, 1.82) is 0 Å². The lowest BCUT2D eigenvalue weighted by atomic mass is 9.78. The predicted octanol–water partition coefficient (Wildman–Crippen LogP) is 20.6. The highest BCUT2D eigenvalue weighted by atomic mass is 28.3. The lowest BCUT2D eigenvalue weighted by Gasteiger charge is -2.34. The van der Waals surface area contributed by atoms with Crippen molar-refractivity contribution >= 4 is 61.7 Å². The van der Waals surface area contributed by atoms with Gasteiger partial charge in [-0.25, -0.2) is 4.98 Å². The first kappa shape index (κ1) is 33.5. The molecule has 6 heteroatoms. The molecule has 99 heavy (non-hydrogen) atoms. The summed E-state index contributed by atoms with van der Waals surface area (Å²) in [7, 11) is -6.68. The number of hydrogen-bond donors (Lipinski definition) is 0. The molecule has 0 aliphatic carbocycles. The van der Waals surface area contributed by atoms with Gasteiger partial charge in [0, 0.05) is 32.7 Å². The summed E-state index contributed by atoms with van der Waals surface area (Å²) < 4.78 is 359. The van der Waals surface area contributed by atoms with Crippen LogP contribution in [0.15, 0.2) is 333 Å². The van der Waals surface area contributed by atoms with Crippen LogP contribution in [0.1, 0.15) is 109 Å². The third-order valence-electron chi connectivity index (χ3n) is 17.3. The van der Waals surface area contributed by atoms with E-state index < -0.39 is 280 Å². The van der Waals surface area contributed by atoms with Gasteiger partial charge in [-0.3, -0.25) is 13.7 Å². The first-order chi connectivity index (χ1) is 63.5. The van der Waals surface area contributed by atoms with E-state index in [-0.39, 0.29) is 73.1 Å². The molecule has 3 heterocycles. The molecule has 478 valence electrons. The van der Waals surface area contributed by atoms with Crippen molar-refractivity contribution in [2.24, 2.45) is 0 Å². The molecule has 16 aromatic rings. The Hall–Kier alpha value is -11.7. The van der Waals surface area contributed by atoms with E-state index in [2.05, 4.69) is 6.33 Å². The second kappa shape index (κ2) is 25.4. The number of aryl methyl sites for hydroxylation is 1. The number of imidazole rings is 1. The number of fused-ring (bicyclic) bond motifs is 4. The summed E-state index contributed by atoms with van der Waals surface area (Å²) in [6.45, 7) is 8.53. The smallest absolute Gasteiger partial charge is 0.269 e. The van der Waals surface area contributed by atoms with Crippen molar-refractivity contribution in [3.8, 4) is 84.3 Å². The largest absolute Gasteiger partial charge is 0.458 e. The molecule has 0 unspecified atom stereocenters. The van der Waals surface area contributed by atoms with Crippen LogP contribution in [0.4, 0.5) is 0 Å². The van der Waals surface area contributed by atoms with Gasteiger partial charge in [0.2, 0.25) is 0 Å². The molecule has 0 aliphatic rings. The van der Waals surface area contributed by atoms with Gasteiger partial charge in [-0.15, -0.1) is 0 Å². The molecule has 0 atom stereocenters. The van der Waals surface area contributed by atoms with Gasteiger partial charge in [-0.05, 0) is 166 Å². The summed E-state index contributed by atoms with van der Waals surface area (Å²) in [5, 5.41) is -3.40. The number of nitrogens with zero attached hydrogens (tertiary/aromatic N) is 4. The van der Waals surface area contributed by atoms with Crippen molar-refractivity contribution in [2.45, 2.75) is 59.2 Å². The molecule has 0 saturated heterocycles. The standard InChI is InChI=1S/C93H76N4OSi/c1-64-52-90(94-62-85(64)67-34-18-10-19-35-67)97-86-47-27-26-46-81(86)82-50-49-76(61-88(82)97)98-75-38-29-37-74(60-75)95-63-96(87-51-48-68(58-89(87)95)65-30-14-8-15-31-65)91-83(56-70(66-32-16-9-17-33-66)57-84(91)71-53-72(92(2,3)4)59-73(54-71)93(5,6)7)69-36-28-45-80(55-69)99(77-39-20-11-21-40-77,78-41-22-12-23-42-78)79-43-24-13-25-44-79/h8-62H,1-7H3/i1D3,8D,9D,10D,11D,12D,13D,14D,15D,16D,17D,18D,19D,20D,21D,22D,23D,24D,25D,28D,30D,31D,32D,33D,34D,35D,36D,39D,40D,41D,42D,43D,44D,45D,55D. The Bertz CT molecular complexity index is 7590. The van der Waals surface area contributed by atoms with Crippen LogP contribution in [0.2, 0.25) is 0 Å². The number of rotatable bonds is 14. The summed E-state index contributed by atoms with van der Waals surface area (Å²) in [6, 6.07) is -2.46. The van der Waals surface area contributed by atoms with Gasteiger partial charge in [0.1, 0.15) is 17.3 Å².